The van der Waals surface area contributed by atoms with Crippen LogP contribution in [0.15, 0.2) is 30.3 Å². The van der Waals surface area contributed by atoms with Gasteiger partial charge in [-0.2, -0.15) is 0 Å². The molecular formula is C19H23FN2O. The van der Waals surface area contributed by atoms with E-state index in [1.807, 2.05) is 19.1 Å². The fraction of sp³-hybridized carbons (Fsp3) is 0.316. The van der Waals surface area contributed by atoms with Gasteiger partial charge in [0.2, 0.25) is 0 Å². The van der Waals surface area contributed by atoms with Crippen LogP contribution in [-0.2, 0) is 6.54 Å². The Morgan fingerprint density at radius 3 is 2.48 bits per heavy atom. The molecule has 0 saturated carbocycles. The first-order valence-electron chi connectivity index (χ1n) is 7.78. The molecule has 0 aliphatic rings. The number of carbonyl (C=O) groups is 1. The van der Waals surface area contributed by atoms with Crippen LogP contribution >= 0.6 is 0 Å². The number of anilines is 1. The van der Waals surface area contributed by atoms with Gasteiger partial charge in [-0.25, -0.2) is 4.39 Å². The lowest BCUT2D eigenvalue weighted by molar-refractivity contribution is 0.101. The Kier molecular flexibility index (Phi) is 5.16. The first-order valence-corrected chi connectivity index (χ1v) is 7.78. The van der Waals surface area contributed by atoms with Crippen LogP contribution in [0.5, 0.6) is 0 Å². The molecule has 0 amide bonds. The standard InChI is InChI=1S/C19H23FN2O/c1-4-16(13-6-5-11(2)18(20)8-13)17-9-15(22)7-14(10-21)19(17)12(3)23/h5-9,16H,4,10,21-22H2,1-3H3. The van der Waals surface area contributed by atoms with Gasteiger partial charge in [0.25, 0.3) is 0 Å². The van der Waals surface area contributed by atoms with Crippen LogP contribution in [0.2, 0.25) is 0 Å². The van der Waals surface area contributed by atoms with Crippen molar-refractivity contribution in [2.75, 3.05) is 5.73 Å². The van der Waals surface area contributed by atoms with E-state index >= 15 is 0 Å². The molecule has 0 heterocycles. The second-order valence-corrected chi connectivity index (χ2v) is 5.87. The van der Waals surface area contributed by atoms with Crippen LogP contribution in [0.1, 0.15) is 58.8 Å². The van der Waals surface area contributed by atoms with Gasteiger partial charge in [-0.15, -0.1) is 0 Å². The van der Waals surface area contributed by atoms with E-state index in [0.29, 0.717) is 16.8 Å². The molecule has 0 spiro atoms. The van der Waals surface area contributed by atoms with E-state index in [9.17, 15) is 9.18 Å². The largest absolute Gasteiger partial charge is 0.399 e. The summed E-state index contributed by atoms with van der Waals surface area (Å²) in [5.41, 5.74) is 15.9. The summed E-state index contributed by atoms with van der Waals surface area (Å²) >= 11 is 0. The lowest BCUT2D eigenvalue weighted by Crippen LogP contribution is -2.13. The Balaban J connectivity index is 2.67. The van der Waals surface area contributed by atoms with E-state index in [4.69, 9.17) is 11.5 Å². The van der Waals surface area contributed by atoms with Crippen molar-refractivity contribution >= 4 is 11.5 Å². The van der Waals surface area contributed by atoms with E-state index in [2.05, 4.69) is 0 Å². The van der Waals surface area contributed by atoms with Gasteiger partial charge in [-0.3, -0.25) is 4.79 Å². The second-order valence-electron chi connectivity index (χ2n) is 5.87. The Labute approximate surface area is 136 Å². The third-order valence-corrected chi connectivity index (χ3v) is 4.23. The number of hydrogen-bond donors (Lipinski definition) is 2. The normalized spacial score (nSPS) is 12.2. The number of benzene rings is 2. The molecule has 0 aliphatic heterocycles. The van der Waals surface area contributed by atoms with Crippen molar-refractivity contribution in [3.8, 4) is 0 Å². The molecule has 122 valence electrons. The Bertz CT molecular complexity index is 740. The Hall–Kier alpha value is -2.20. The number of nitrogen functional groups attached to an aromatic ring is 1. The van der Waals surface area contributed by atoms with Gasteiger partial charge in [0.1, 0.15) is 5.82 Å². The van der Waals surface area contributed by atoms with E-state index in [1.54, 1.807) is 25.1 Å². The summed E-state index contributed by atoms with van der Waals surface area (Å²) in [6, 6.07) is 8.75. The molecule has 1 atom stereocenters. The lowest BCUT2D eigenvalue weighted by atomic mass is 9.83. The number of halogens is 1. The van der Waals surface area contributed by atoms with Gasteiger partial charge < -0.3 is 11.5 Å². The van der Waals surface area contributed by atoms with Gasteiger partial charge in [-0.05, 0) is 60.7 Å². The van der Waals surface area contributed by atoms with Gasteiger partial charge in [-0.1, -0.05) is 19.1 Å². The first kappa shape index (κ1) is 17.2. The van der Waals surface area contributed by atoms with Crippen molar-refractivity contribution in [1.82, 2.24) is 0 Å². The highest BCUT2D eigenvalue weighted by Crippen LogP contribution is 2.34. The minimum absolute atomic E-state index is 0.0496. The molecule has 0 aromatic heterocycles. The third kappa shape index (κ3) is 3.42. The Morgan fingerprint density at radius 2 is 1.96 bits per heavy atom. The predicted octanol–water partition coefficient (Wildman–Crippen LogP) is 3.92. The van der Waals surface area contributed by atoms with E-state index in [-0.39, 0.29) is 24.1 Å². The van der Waals surface area contributed by atoms with Gasteiger partial charge in [0, 0.05) is 23.7 Å². The monoisotopic (exact) mass is 314 g/mol. The number of ketones is 1. The molecule has 2 aromatic carbocycles. The van der Waals surface area contributed by atoms with Crippen LogP contribution in [0, 0.1) is 12.7 Å². The number of hydrogen-bond acceptors (Lipinski definition) is 3. The van der Waals surface area contributed by atoms with E-state index < -0.39 is 0 Å². The Morgan fingerprint density at radius 1 is 1.26 bits per heavy atom. The summed E-state index contributed by atoms with van der Waals surface area (Å²) in [5.74, 6) is -0.391. The smallest absolute Gasteiger partial charge is 0.160 e. The zero-order chi connectivity index (χ0) is 17.1. The number of carbonyl (C=O) groups excluding carboxylic acids is 1. The van der Waals surface area contributed by atoms with Crippen molar-refractivity contribution in [3.63, 3.8) is 0 Å². The van der Waals surface area contributed by atoms with Crippen LogP contribution in [0.25, 0.3) is 0 Å². The maximum Gasteiger partial charge on any atom is 0.160 e. The SMILES string of the molecule is CCC(c1ccc(C)c(F)c1)c1cc(N)cc(CN)c1C(C)=O. The number of aryl methyl sites for hydroxylation is 1. The molecule has 3 nitrogen and oxygen atoms in total. The third-order valence-electron chi connectivity index (χ3n) is 4.23. The zero-order valence-corrected chi connectivity index (χ0v) is 13.8. The molecule has 0 bridgehead atoms. The number of nitrogens with two attached hydrogens (primary N) is 2. The van der Waals surface area contributed by atoms with E-state index in [0.717, 1.165) is 23.1 Å². The fourth-order valence-corrected chi connectivity index (χ4v) is 3.08. The molecule has 4 heteroatoms. The fourth-order valence-electron chi connectivity index (χ4n) is 3.08. The molecule has 4 N–H and O–H groups in total. The van der Waals surface area contributed by atoms with Crippen LogP contribution in [0.4, 0.5) is 10.1 Å². The predicted molar refractivity (Wildman–Crippen MR) is 92.0 cm³/mol. The number of Topliss-reactive ketones (excluding diaryl/α,β-unsaturated/α-hetero) is 1. The van der Waals surface area contributed by atoms with Crippen molar-refractivity contribution in [2.24, 2.45) is 5.73 Å². The molecule has 1 unspecified atom stereocenters. The molecule has 2 rings (SSSR count). The maximum absolute atomic E-state index is 14.0. The topological polar surface area (TPSA) is 69.1 Å². The van der Waals surface area contributed by atoms with Gasteiger partial charge >= 0.3 is 0 Å². The highest BCUT2D eigenvalue weighted by Gasteiger charge is 2.22. The van der Waals surface area contributed by atoms with Gasteiger partial charge in [0.05, 0.1) is 0 Å². The molecule has 23 heavy (non-hydrogen) atoms. The summed E-state index contributed by atoms with van der Waals surface area (Å²) in [5, 5.41) is 0. The molecule has 0 saturated heterocycles. The highest BCUT2D eigenvalue weighted by molar-refractivity contribution is 5.98. The van der Waals surface area contributed by atoms with Crippen LogP contribution < -0.4 is 11.5 Å². The van der Waals surface area contributed by atoms with Crippen LogP contribution in [0.3, 0.4) is 0 Å². The molecule has 0 fully saturated rings. The first-order chi connectivity index (χ1) is 10.9. The van der Waals surface area contributed by atoms with Crippen molar-refractivity contribution in [2.45, 2.75) is 39.7 Å². The molecular weight excluding hydrogens is 291 g/mol. The summed E-state index contributed by atoms with van der Waals surface area (Å²) in [6.07, 6.45) is 0.732. The van der Waals surface area contributed by atoms with E-state index in [1.165, 1.54) is 6.92 Å². The molecule has 0 radical (unpaired) electrons. The number of rotatable bonds is 5. The lowest BCUT2D eigenvalue weighted by Gasteiger charge is -2.22. The van der Waals surface area contributed by atoms with Crippen molar-refractivity contribution in [1.29, 1.82) is 0 Å². The maximum atomic E-state index is 14.0. The summed E-state index contributed by atoms with van der Waals surface area (Å²) < 4.78 is 14.0. The second kappa shape index (κ2) is 6.92. The molecule has 0 aliphatic carbocycles. The van der Waals surface area contributed by atoms with Crippen LogP contribution in [-0.4, -0.2) is 5.78 Å². The average Bonchev–Trinajstić information content (AvgIpc) is 2.50. The minimum atomic E-state index is -0.242. The molecule has 2 aromatic rings. The summed E-state index contributed by atoms with van der Waals surface area (Å²) in [4.78, 5) is 12.2. The summed E-state index contributed by atoms with van der Waals surface area (Å²) in [7, 11) is 0. The zero-order valence-electron chi connectivity index (χ0n) is 13.8. The van der Waals surface area contributed by atoms with Crippen molar-refractivity contribution in [3.05, 3.63) is 64.0 Å². The quantitative estimate of drug-likeness (QED) is 0.649. The minimum Gasteiger partial charge on any atom is -0.399 e. The van der Waals surface area contributed by atoms with Crippen molar-refractivity contribution < 1.29 is 9.18 Å². The highest BCUT2D eigenvalue weighted by atomic mass is 19.1. The van der Waals surface area contributed by atoms with Gasteiger partial charge in [0.15, 0.2) is 5.78 Å². The summed E-state index contributed by atoms with van der Waals surface area (Å²) in [6.45, 7) is 5.51. The average molecular weight is 314 g/mol.